The van der Waals surface area contributed by atoms with Gasteiger partial charge in [0.25, 0.3) is 5.09 Å². The molecule has 0 spiro atoms. The number of nitrogens with one attached hydrogen (secondary N) is 1. The summed E-state index contributed by atoms with van der Waals surface area (Å²) in [5, 5.41) is 11.1. The molecule has 0 aromatic carbocycles. The molecule has 7 heteroatoms. The zero-order valence-electron chi connectivity index (χ0n) is 7.82. The Morgan fingerprint density at radius 2 is 2.14 bits per heavy atom. The van der Waals surface area contributed by atoms with Crippen LogP contribution in [0.5, 0.6) is 0 Å². The lowest BCUT2D eigenvalue weighted by molar-refractivity contribution is -0.757. The number of hydrogen-bond donors (Lipinski definition) is 1. The zero-order chi connectivity index (χ0) is 11.0. The molecule has 0 unspecified atom stereocenters. The third-order valence-corrected chi connectivity index (χ3v) is 1.28. The third kappa shape index (κ3) is 8.44. The number of carbonyl (C=O) groups is 2. The first kappa shape index (κ1) is 12.3. The molecule has 0 fully saturated rings. The molecule has 0 aromatic heterocycles. The quantitative estimate of drug-likeness (QED) is 0.348. The summed E-state index contributed by atoms with van der Waals surface area (Å²) in [5.74, 6) is -0.452. The van der Waals surface area contributed by atoms with E-state index in [1.807, 2.05) is 0 Å². The van der Waals surface area contributed by atoms with Crippen molar-refractivity contribution < 1.29 is 19.5 Å². The van der Waals surface area contributed by atoms with E-state index in [0.29, 0.717) is 0 Å². The number of carbonyl (C=O) groups excluding carboxylic acids is 2. The molecular weight excluding hydrogens is 192 g/mol. The van der Waals surface area contributed by atoms with E-state index < -0.39 is 5.09 Å². The van der Waals surface area contributed by atoms with Crippen LogP contribution in [0.25, 0.3) is 0 Å². The number of nitrogens with zero attached hydrogens (tertiary/aromatic N) is 1. The lowest BCUT2D eigenvalue weighted by atomic mass is 10.3. The summed E-state index contributed by atoms with van der Waals surface area (Å²) in [7, 11) is 0. The van der Waals surface area contributed by atoms with Gasteiger partial charge in [-0.3, -0.25) is 9.59 Å². The standard InChI is InChI=1S/C7H12N2O5/c1-6(10)5-8-7(11)3-2-4-14-9(12)13/h2-5H2,1H3,(H,8,11). The molecule has 0 rings (SSSR count). The molecule has 7 nitrogen and oxygen atoms in total. The predicted molar refractivity (Wildman–Crippen MR) is 45.9 cm³/mol. The minimum absolute atomic E-state index is 0.00503. The van der Waals surface area contributed by atoms with Crippen LogP contribution >= 0.6 is 0 Å². The summed E-state index contributed by atoms with van der Waals surface area (Å²) in [5.41, 5.74) is 0. The molecule has 0 aliphatic carbocycles. The Labute approximate surface area is 80.5 Å². The first-order valence-corrected chi connectivity index (χ1v) is 4.06. The maximum absolute atomic E-state index is 10.9. The second-order valence-corrected chi connectivity index (χ2v) is 2.64. The highest BCUT2D eigenvalue weighted by molar-refractivity contribution is 5.84. The van der Waals surface area contributed by atoms with Crippen molar-refractivity contribution in [2.24, 2.45) is 0 Å². The van der Waals surface area contributed by atoms with Crippen LogP contribution in [0.4, 0.5) is 0 Å². The molecule has 0 heterocycles. The van der Waals surface area contributed by atoms with Crippen molar-refractivity contribution >= 4 is 11.7 Å². The largest absolute Gasteiger partial charge is 0.349 e. The fourth-order valence-electron chi connectivity index (χ4n) is 0.683. The van der Waals surface area contributed by atoms with Crippen LogP contribution in [0.15, 0.2) is 0 Å². The van der Waals surface area contributed by atoms with Gasteiger partial charge >= 0.3 is 0 Å². The molecule has 1 amide bonds. The molecule has 1 N–H and O–H groups in total. The van der Waals surface area contributed by atoms with Gasteiger partial charge in [-0.05, 0) is 13.3 Å². The molecular formula is C7H12N2O5. The Balaban J connectivity index is 3.36. The first-order chi connectivity index (χ1) is 6.52. The van der Waals surface area contributed by atoms with Gasteiger partial charge in [0.05, 0.1) is 13.2 Å². The normalized spacial score (nSPS) is 9.21. The highest BCUT2D eigenvalue weighted by Gasteiger charge is 2.02. The van der Waals surface area contributed by atoms with E-state index >= 15 is 0 Å². The van der Waals surface area contributed by atoms with Crippen LogP contribution in [-0.4, -0.2) is 29.9 Å². The Hall–Kier alpha value is -1.66. The van der Waals surface area contributed by atoms with Crippen LogP contribution in [-0.2, 0) is 14.4 Å². The third-order valence-electron chi connectivity index (χ3n) is 1.28. The molecule has 0 aromatic rings. The summed E-state index contributed by atoms with van der Waals surface area (Å²) in [6.07, 6.45) is 0.367. The molecule has 0 radical (unpaired) electrons. The number of hydrogen-bond acceptors (Lipinski definition) is 5. The minimum Gasteiger partial charge on any atom is -0.349 e. The maximum atomic E-state index is 10.9. The summed E-state index contributed by atoms with van der Waals surface area (Å²) >= 11 is 0. The average molecular weight is 204 g/mol. The fraction of sp³-hybridized carbons (Fsp3) is 0.714. The van der Waals surface area contributed by atoms with Gasteiger partial charge in [0, 0.05) is 6.42 Å². The van der Waals surface area contributed by atoms with Crippen molar-refractivity contribution in [1.82, 2.24) is 5.32 Å². The lowest BCUT2D eigenvalue weighted by Crippen LogP contribution is -2.28. The Morgan fingerprint density at radius 1 is 1.50 bits per heavy atom. The van der Waals surface area contributed by atoms with Crippen LogP contribution in [0, 0.1) is 10.1 Å². The van der Waals surface area contributed by atoms with E-state index in [4.69, 9.17) is 0 Å². The van der Waals surface area contributed by atoms with E-state index in [9.17, 15) is 19.7 Å². The van der Waals surface area contributed by atoms with Crippen molar-refractivity contribution in [3.63, 3.8) is 0 Å². The van der Waals surface area contributed by atoms with Gasteiger partial charge in [-0.2, -0.15) is 0 Å². The van der Waals surface area contributed by atoms with Crippen LogP contribution in [0.2, 0.25) is 0 Å². The van der Waals surface area contributed by atoms with E-state index in [-0.39, 0.29) is 37.7 Å². The van der Waals surface area contributed by atoms with Crippen LogP contribution < -0.4 is 5.32 Å². The number of rotatable bonds is 7. The van der Waals surface area contributed by atoms with Crippen molar-refractivity contribution in [2.45, 2.75) is 19.8 Å². The summed E-state index contributed by atoms with van der Waals surface area (Å²) in [6, 6.07) is 0. The van der Waals surface area contributed by atoms with Gasteiger partial charge in [-0.15, -0.1) is 10.1 Å². The molecule has 0 saturated carbocycles. The number of ketones is 1. The van der Waals surface area contributed by atoms with Gasteiger partial charge < -0.3 is 10.2 Å². The second-order valence-electron chi connectivity index (χ2n) is 2.64. The topological polar surface area (TPSA) is 98.5 Å². The highest BCUT2D eigenvalue weighted by atomic mass is 16.9. The maximum Gasteiger partial charge on any atom is 0.294 e. The molecule has 0 aliphatic heterocycles. The monoisotopic (exact) mass is 204 g/mol. The summed E-state index contributed by atoms with van der Waals surface area (Å²) in [4.78, 5) is 35.0. The second kappa shape index (κ2) is 6.81. The first-order valence-electron chi connectivity index (χ1n) is 4.06. The van der Waals surface area contributed by atoms with Gasteiger partial charge in [0.1, 0.15) is 5.78 Å². The molecule has 0 bridgehead atoms. The fourth-order valence-corrected chi connectivity index (χ4v) is 0.683. The molecule has 80 valence electrons. The molecule has 0 atom stereocenters. The van der Waals surface area contributed by atoms with Gasteiger partial charge in [-0.25, -0.2) is 0 Å². The Morgan fingerprint density at radius 3 is 2.64 bits per heavy atom. The van der Waals surface area contributed by atoms with E-state index in [0.717, 1.165) is 0 Å². The minimum atomic E-state index is -0.909. The van der Waals surface area contributed by atoms with Crippen LogP contribution in [0.3, 0.4) is 0 Å². The highest BCUT2D eigenvalue weighted by Crippen LogP contribution is 1.90. The van der Waals surface area contributed by atoms with Gasteiger partial charge in [0.2, 0.25) is 5.91 Å². The van der Waals surface area contributed by atoms with E-state index in [2.05, 4.69) is 10.2 Å². The number of amides is 1. The summed E-state index contributed by atoms with van der Waals surface area (Å²) in [6.45, 7) is 1.24. The van der Waals surface area contributed by atoms with Gasteiger partial charge in [-0.1, -0.05) is 0 Å². The lowest BCUT2D eigenvalue weighted by Gasteiger charge is -2.01. The molecule has 14 heavy (non-hydrogen) atoms. The van der Waals surface area contributed by atoms with E-state index in [1.165, 1.54) is 6.92 Å². The molecule has 0 saturated heterocycles. The van der Waals surface area contributed by atoms with Crippen molar-refractivity contribution in [3.8, 4) is 0 Å². The van der Waals surface area contributed by atoms with Crippen LogP contribution in [0.1, 0.15) is 19.8 Å². The average Bonchev–Trinajstić information content (AvgIpc) is 2.08. The van der Waals surface area contributed by atoms with E-state index in [1.54, 1.807) is 0 Å². The summed E-state index contributed by atoms with van der Waals surface area (Å²) < 4.78 is 0. The predicted octanol–water partition coefficient (Wildman–Crippen LogP) is -0.320. The van der Waals surface area contributed by atoms with Crippen molar-refractivity contribution in [1.29, 1.82) is 0 Å². The van der Waals surface area contributed by atoms with Crippen molar-refractivity contribution in [2.75, 3.05) is 13.2 Å². The SMILES string of the molecule is CC(=O)CNC(=O)CCCO[N+](=O)[O-]. The molecule has 0 aliphatic rings. The van der Waals surface area contributed by atoms with Crippen molar-refractivity contribution in [3.05, 3.63) is 10.1 Å². The number of Topliss-reactive ketones (excluding diaryl/α,β-unsaturated/α-hetero) is 1. The zero-order valence-corrected chi connectivity index (χ0v) is 7.82. The van der Waals surface area contributed by atoms with Gasteiger partial charge in [0.15, 0.2) is 0 Å². The smallest absolute Gasteiger partial charge is 0.294 e. The Kier molecular flexibility index (Phi) is 6.01. The Bertz CT molecular complexity index is 228.